The third-order valence-corrected chi connectivity index (χ3v) is 4.67. The molecule has 2 nitrogen and oxygen atoms in total. The van der Waals surface area contributed by atoms with Crippen LogP contribution >= 0.6 is 11.5 Å². The van der Waals surface area contributed by atoms with Crippen LogP contribution in [0.3, 0.4) is 0 Å². The fourth-order valence-electron chi connectivity index (χ4n) is 2.28. The third kappa shape index (κ3) is 5.57. The van der Waals surface area contributed by atoms with Crippen LogP contribution in [0.15, 0.2) is 18.2 Å². The fourth-order valence-corrected chi connectivity index (χ4v) is 2.97. The van der Waals surface area contributed by atoms with Crippen LogP contribution in [0.5, 0.6) is 0 Å². The van der Waals surface area contributed by atoms with Gasteiger partial charge in [-0.25, -0.2) is 0 Å². The first-order valence-corrected chi connectivity index (χ1v) is 8.72. The molecule has 123 valence electrons. The molecular formula is C18H25IrN2S-. The number of rotatable bonds is 7. The predicted molar refractivity (Wildman–Crippen MR) is 90.7 cm³/mol. The first kappa shape index (κ1) is 19.5. The van der Waals surface area contributed by atoms with Gasteiger partial charge in [0.05, 0.1) is 5.01 Å². The molecule has 0 aliphatic carbocycles. The predicted octanol–water partition coefficient (Wildman–Crippen LogP) is 5.49. The van der Waals surface area contributed by atoms with Crippen LogP contribution in [0.2, 0.25) is 0 Å². The van der Waals surface area contributed by atoms with Crippen LogP contribution in [0, 0.1) is 12.0 Å². The maximum atomic E-state index is 4.68. The van der Waals surface area contributed by atoms with Gasteiger partial charge in [-0.1, -0.05) is 52.1 Å². The van der Waals surface area contributed by atoms with Crippen LogP contribution in [0.25, 0.3) is 10.6 Å². The number of hydrogen-bond donors (Lipinski definition) is 0. The van der Waals surface area contributed by atoms with Gasteiger partial charge in [0.25, 0.3) is 0 Å². The van der Waals surface area contributed by atoms with Gasteiger partial charge in [0.15, 0.2) is 0 Å². The van der Waals surface area contributed by atoms with E-state index in [0.29, 0.717) is 5.92 Å². The molecule has 0 aliphatic rings. The first-order chi connectivity index (χ1) is 10.1. The summed E-state index contributed by atoms with van der Waals surface area (Å²) >= 11 is 1.50. The molecule has 1 radical (unpaired) electrons. The van der Waals surface area contributed by atoms with Crippen molar-refractivity contribution in [3.8, 4) is 10.6 Å². The van der Waals surface area contributed by atoms with Gasteiger partial charge < -0.3 is 0 Å². The molecule has 2 rings (SSSR count). The Morgan fingerprint density at radius 1 is 1.27 bits per heavy atom. The number of hydrogen-bond acceptors (Lipinski definition) is 3. The summed E-state index contributed by atoms with van der Waals surface area (Å²) < 4.78 is 4.49. The van der Waals surface area contributed by atoms with Gasteiger partial charge in [0.2, 0.25) is 0 Å². The van der Waals surface area contributed by atoms with Crippen molar-refractivity contribution in [1.29, 1.82) is 0 Å². The summed E-state index contributed by atoms with van der Waals surface area (Å²) in [5, 5.41) is 1.000. The summed E-state index contributed by atoms with van der Waals surface area (Å²) in [6, 6.07) is 9.68. The van der Waals surface area contributed by atoms with Crippen molar-refractivity contribution < 1.29 is 20.1 Å². The molecule has 0 fully saturated rings. The molecule has 2 aromatic rings. The fraction of sp³-hybridized carbons (Fsp3) is 0.556. The van der Waals surface area contributed by atoms with Crippen molar-refractivity contribution in [2.24, 2.45) is 5.92 Å². The summed E-state index contributed by atoms with van der Waals surface area (Å²) in [7, 11) is 0. The molecule has 0 amide bonds. The molecule has 1 aromatic carbocycles. The Bertz CT molecular complexity index is 566. The van der Waals surface area contributed by atoms with Crippen LogP contribution < -0.4 is 0 Å². The minimum absolute atomic E-state index is 0. The van der Waals surface area contributed by atoms with Crippen molar-refractivity contribution >= 4 is 11.5 Å². The van der Waals surface area contributed by atoms with Crippen molar-refractivity contribution in [3.63, 3.8) is 0 Å². The number of benzene rings is 1. The van der Waals surface area contributed by atoms with Gasteiger partial charge in [0.1, 0.15) is 5.82 Å². The Morgan fingerprint density at radius 3 is 2.73 bits per heavy atom. The zero-order valence-electron chi connectivity index (χ0n) is 13.9. The minimum Gasteiger partial charge on any atom is -0.270 e. The molecule has 0 saturated carbocycles. The van der Waals surface area contributed by atoms with E-state index >= 15 is 0 Å². The zero-order valence-corrected chi connectivity index (χ0v) is 17.1. The van der Waals surface area contributed by atoms with Gasteiger partial charge >= 0.3 is 0 Å². The van der Waals surface area contributed by atoms with Crippen LogP contribution in [0.1, 0.15) is 64.3 Å². The minimum atomic E-state index is 0. The van der Waals surface area contributed by atoms with Crippen LogP contribution in [-0.2, 0) is 26.5 Å². The molecule has 0 saturated heterocycles. The smallest absolute Gasteiger partial charge is 0.132 e. The van der Waals surface area contributed by atoms with Crippen molar-refractivity contribution in [3.05, 3.63) is 35.7 Å². The zero-order chi connectivity index (χ0) is 15.2. The van der Waals surface area contributed by atoms with Gasteiger partial charge in [0, 0.05) is 26.5 Å². The summed E-state index contributed by atoms with van der Waals surface area (Å²) in [5.74, 6) is 2.32. The Hall–Kier alpha value is -0.571. The average molecular weight is 494 g/mol. The van der Waals surface area contributed by atoms with E-state index in [1.165, 1.54) is 29.9 Å². The maximum Gasteiger partial charge on any atom is 0.132 e. The average Bonchev–Trinajstić information content (AvgIpc) is 2.95. The maximum absolute atomic E-state index is 4.68. The quantitative estimate of drug-likeness (QED) is 0.477. The Labute approximate surface area is 152 Å². The second-order valence-corrected chi connectivity index (χ2v) is 6.90. The van der Waals surface area contributed by atoms with E-state index in [0.717, 1.165) is 35.2 Å². The van der Waals surface area contributed by atoms with Crippen molar-refractivity contribution in [2.75, 3.05) is 0 Å². The Kier molecular flexibility index (Phi) is 8.45. The number of nitrogens with zero attached hydrogens (tertiary/aromatic N) is 2. The van der Waals surface area contributed by atoms with E-state index in [2.05, 4.69) is 55.3 Å². The molecule has 1 unspecified atom stereocenters. The van der Waals surface area contributed by atoms with Crippen molar-refractivity contribution in [2.45, 2.75) is 59.3 Å². The third-order valence-electron chi connectivity index (χ3n) is 3.89. The van der Waals surface area contributed by atoms with Gasteiger partial charge in [-0.15, -0.1) is 35.4 Å². The van der Waals surface area contributed by atoms with E-state index in [9.17, 15) is 0 Å². The molecule has 4 heteroatoms. The molecule has 0 bridgehead atoms. The van der Waals surface area contributed by atoms with Crippen molar-refractivity contribution in [1.82, 2.24) is 9.36 Å². The van der Waals surface area contributed by atoms with E-state index in [1.54, 1.807) is 0 Å². The second kappa shape index (κ2) is 9.54. The first-order valence-electron chi connectivity index (χ1n) is 7.94. The van der Waals surface area contributed by atoms with E-state index in [1.807, 2.05) is 6.07 Å². The standard InChI is InChI=1S/C18H25N2S.Ir/c1-5-14(4)15-9-7-10-16(12-15)18-19-17(20-21-18)11-6-8-13(2)3;/h7,9,12-14H,5-6,8,11H2,1-4H3;/q-1;. The molecule has 1 aromatic heterocycles. The molecule has 1 atom stereocenters. The molecule has 1 heterocycles. The SMILES string of the molecule is CCC(C)c1cc[c-]c(-c2nc(CCCC(C)C)ns2)c1.[Ir]. The Balaban J connectivity index is 0.00000242. The number of aryl methyl sites for hydroxylation is 1. The summed E-state index contributed by atoms with van der Waals surface area (Å²) in [6.45, 7) is 9.00. The monoisotopic (exact) mass is 494 g/mol. The molecule has 0 N–H and O–H groups in total. The largest absolute Gasteiger partial charge is 0.270 e. The molecule has 0 aliphatic heterocycles. The van der Waals surface area contributed by atoms with E-state index in [-0.39, 0.29) is 20.1 Å². The van der Waals surface area contributed by atoms with E-state index in [4.69, 9.17) is 0 Å². The molecule has 22 heavy (non-hydrogen) atoms. The number of aromatic nitrogens is 2. The molecular weight excluding hydrogens is 468 g/mol. The molecule has 0 spiro atoms. The van der Waals surface area contributed by atoms with E-state index < -0.39 is 0 Å². The summed E-state index contributed by atoms with van der Waals surface area (Å²) in [5.41, 5.74) is 2.45. The van der Waals surface area contributed by atoms with Gasteiger partial charge in [-0.05, 0) is 18.3 Å². The van der Waals surface area contributed by atoms with Crippen LogP contribution in [-0.4, -0.2) is 9.36 Å². The normalized spacial score (nSPS) is 12.2. The van der Waals surface area contributed by atoms with Gasteiger partial charge in [-0.3, -0.25) is 4.98 Å². The second-order valence-electron chi connectivity index (χ2n) is 6.15. The van der Waals surface area contributed by atoms with Gasteiger partial charge in [-0.2, -0.15) is 4.37 Å². The summed E-state index contributed by atoms with van der Waals surface area (Å²) in [4.78, 5) is 4.68. The van der Waals surface area contributed by atoms with Crippen LogP contribution in [0.4, 0.5) is 0 Å². The summed E-state index contributed by atoms with van der Waals surface area (Å²) in [6.07, 6.45) is 4.55. The topological polar surface area (TPSA) is 25.8 Å². The Morgan fingerprint density at radius 2 is 2.05 bits per heavy atom.